The van der Waals surface area contributed by atoms with Crippen LogP contribution < -0.4 is 14.4 Å². The van der Waals surface area contributed by atoms with Gasteiger partial charge >= 0.3 is 12.0 Å². The molecule has 1 aliphatic carbocycles. The van der Waals surface area contributed by atoms with E-state index in [0.717, 1.165) is 31.0 Å². The topological polar surface area (TPSA) is 96.0 Å². The third-order valence-electron chi connectivity index (χ3n) is 8.65. The summed E-state index contributed by atoms with van der Waals surface area (Å²) in [4.78, 5) is 11.2. The molecule has 1 saturated heterocycles. The zero-order valence-corrected chi connectivity index (χ0v) is 30.0. The molecular weight excluding hydrogens is 702 g/mol. The second kappa shape index (κ2) is 14.7. The van der Waals surface area contributed by atoms with E-state index in [-0.39, 0.29) is 29.6 Å². The van der Waals surface area contributed by atoms with E-state index in [1.54, 1.807) is 57.3 Å². The third-order valence-corrected chi connectivity index (χ3v) is 9.92. The van der Waals surface area contributed by atoms with Gasteiger partial charge in [-0.1, -0.05) is 24.3 Å². The lowest BCUT2D eigenvalue weighted by atomic mass is 9.82. The fraction of sp³-hybridized carbons (Fsp3) is 0.441. The Bertz CT molecular complexity index is 1830. The average molecular weight is 742 g/mol. The number of fused-ring (bicyclic) bond motifs is 2. The van der Waals surface area contributed by atoms with Crippen molar-refractivity contribution < 1.29 is 18.3 Å². The highest BCUT2D eigenvalue weighted by Gasteiger charge is 2.43. The molecule has 3 aromatic heterocycles. The monoisotopic (exact) mass is 740 g/mol. The first-order valence-electron chi connectivity index (χ1n) is 16.2. The zero-order valence-electron chi connectivity index (χ0n) is 27.6. The van der Waals surface area contributed by atoms with Crippen LogP contribution in [0.15, 0.2) is 59.3 Å². The molecule has 14 heteroatoms. The van der Waals surface area contributed by atoms with Gasteiger partial charge in [0, 0.05) is 19.5 Å². The van der Waals surface area contributed by atoms with E-state index < -0.39 is 11.6 Å². The number of aromatic nitrogens is 7. The van der Waals surface area contributed by atoms with E-state index in [1.807, 2.05) is 27.7 Å². The molecule has 1 saturated carbocycles. The third kappa shape index (κ3) is 7.70. The molecular formula is C34H39BrF2N8O2S. The zero-order chi connectivity index (χ0) is 33.9. The quantitative estimate of drug-likeness (QED) is 0.148. The number of para-hydroxylation sites is 2. The molecule has 5 aromatic rings. The summed E-state index contributed by atoms with van der Waals surface area (Å²) in [5, 5.41) is 10.1. The highest BCUT2D eigenvalue weighted by atomic mass is 79.9. The summed E-state index contributed by atoms with van der Waals surface area (Å²) in [5.74, 6) is 2.14. The number of benzene rings is 2. The normalized spacial score (nSPS) is 18.7. The minimum atomic E-state index is -0.429. The van der Waals surface area contributed by atoms with Crippen molar-refractivity contribution in [2.75, 3.05) is 18.0 Å². The summed E-state index contributed by atoms with van der Waals surface area (Å²) in [6, 6.07) is 15.6. The van der Waals surface area contributed by atoms with Crippen molar-refractivity contribution in [3.8, 4) is 23.5 Å². The van der Waals surface area contributed by atoms with Gasteiger partial charge in [0.15, 0.2) is 29.0 Å². The second-order valence-corrected chi connectivity index (χ2v) is 14.3. The minimum Gasteiger partial charge on any atom is -0.421 e. The number of halogens is 3. The average Bonchev–Trinajstić information content (AvgIpc) is 3.81. The van der Waals surface area contributed by atoms with E-state index in [0.29, 0.717) is 28.5 Å². The Kier molecular flexibility index (Phi) is 10.4. The molecule has 10 nitrogen and oxygen atoms in total. The Labute approximate surface area is 291 Å². The summed E-state index contributed by atoms with van der Waals surface area (Å²) in [7, 11) is 0. The standard InChI is InChI=1S/C23H28FN5OS.C11H11BrFN3O/c1-14(2)29-23(30-20-7-5-4-6-19(20)24)25-21(26-29)11-18-16-8-9-17(18)13-28(12-16)22-10-15(3)27-31-22;1-7(2)16-11(14-10(12)15-16)17-9-6-4-3-5-8(9)13/h4-7,10,14,16-18H,8-9,11-13H2,1-3H3;3-7H,1-2H3/t16-,17+,18?;. The SMILES string of the molecule is CC(C)n1nc(Br)nc1Oc1ccccc1F.Cc1cc(N2C[C@H]3CC[C@@H](C2)C3Cc2nc(Oc3ccccc3F)n(C(C)C)n2)sn1. The first-order valence-corrected chi connectivity index (χ1v) is 17.7. The van der Waals surface area contributed by atoms with Gasteiger partial charge < -0.3 is 14.4 Å². The van der Waals surface area contributed by atoms with Gasteiger partial charge in [0.05, 0.1) is 17.8 Å². The second-order valence-electron chi connectivity index (χ2n) is 12.8. The molecule has 3 atom stereocenters. The van der Waals surface area contributed by atoms with Gasteiger partial charge in [-0.2, -0.15) is 19.4 Å². The fourth-order valence-corrected chi connectivity index (χ4v) is 7.44. The van der Waals surface area contributed by atoms with Gasteiger partial charge in [0.25, 0.3) is 0 Å². The molecule has 0 amide bonds. The lowest BCUT2D eigenvalue weighted by Gasteiger charge is -2.38. The lowest BCUT2D eigenvalue weighted by molar-refractivity contribution is 0.266. The largest absolute Gasteiger partial charge is 0.421 e. The number of ether oxygens (including phenoxy) is 2. The first-order chi connectivity index (χ1) is 23.0. The number of hydrogen-bond donors (Lipinski definition) is 0. The Morgan fingerprint density at radius 1 is 0.833 bits per heavy atom. The number of hydrogen-bond acceptors (Lipinski definition) is 9. The molecule has 2 aliphatic rings. The highest BCUT2D eigenvalue weighted by Crippen LogP contribution is 2.45. The number of rotatable bonds is 9. The van der Waals surface area contributed by atoms with Crippen LogP contribution in [0.25, 0.3) is 0 Å². The molecule has 0 N–H and O–H groups in total. The summed E-state index contributed by atoms with van der Waals surface area (Å²) >= 11 is 4.77. The molecule has 254 valence electrons. The van der Waals surface area contributed by atoms with Crippen LogP contribution in [0.4, 0.5) is 13.8 Å². The van der Waals surface area contributed by atoms with E-state index in [1.165, 1.54) is 30.0 Å². The number of nitrogens with zero attached hydrogens (tertiary/aromatic N) is 8. The number of anilines is 1. The molecule has 2 aromatic carbocycles. The smallest absolute Gasteiger partial charge is 0.321 e. The van der Waals surface area contributed by atoms with Gasteiger partial charge in [-0.05, 0) is 123 Å². The maximum absolute atomic E-state index is 14.1. The summed E-state index contributed by atoms with van der Waals surface area (Å²) < 4.78 is 46.9. The Morgan fingerprint density at radius 3 is 1.90 bits per heavy atom. The van der Waals surface area contributed by atoms with Crippen molar-refractivity contribution in [1.82, 2.24) is 33.9 Å². The van der Waals surface area contributed by atoms with Crippen molar-refractivity contribution in [3.05, 3.63) is 82.5 Å². The molecule has 0 spiro atoms. The molecule has 1 aliphatic heterocycles. The van der Waals surface area contributed by atoms with Gasteiger partial charge in [-0.25, -0.2) is 18.1 Å². The van der Waals surface area contributed by atoms with Gasteiger partial charge in [0.1, 0.15) is 5.00 Å². The lowest BCUT2D eigenvalue weighted by Crippen LogP contribution is -2.42. The van der Waals surface area contributed by atoms with Crippen molar-refractivity contribution >= 4 is 32.5 Å². The predicted molar refractivity (Wildman–Crippen MR) is 184 cm³/mol. The van der Waals surface area contributed by atoms with Crippen molar-refractivity contribution in [1.29, 1.82) is 0 Å². The van der Waals surface area contributed by atoms with Gasteiger partial charge in [-0.15, -0.1) is 5.10 Å². The maximum atomic E-state index is 14.1. The van der Waals surface area contributed by atoms with Gasteiger partial charge in [-0.3, -0.25) is 0 Å². The molecule has 7 rings (SSSR count). The van der Waals surface area contributed by atoms with E-state index >= 15 is 0 Å². The van der Waals surface area contributed by atoms with Crippen LogP contribution >= 0.6 is 27.5 Å². The van der Waals surface area contributed by atoms with Crippen LogP contribution in [-0.4, -0.2) is 47.0 Å². The molecule has 2 fully saturated rings. The number of aryl methyl sites for hydroxylation is 1. The van der Waals surface area contributed by atoms with Crippen LogP contribution in [0, 0.1) is 36.3 Å². The Balaban J connectivity index is 0.000000200. The van der Waals surface area contributed by atoms with Crippen LogP contribution in [0.1, 0.15) is 64.1 Å². The minimum absolute atomic E-state index is 0.0792. The van der Waals surface area contributed by atoms with Crippen molar-refractivity contribution in [3.63, 3.8) is 0 Å². The van der Waals surface area contributed by atoms with Crippen LogP contribution in [0.2, 0.25) is 0 Å². The maximum Gasteiger partial charge on any atom is 0.321 e. The van der Waals surface area contributed by atoms with Crippen LogP contribution in [0.5, 0.6) is 23.5 Å². The summed E-state index contributed by atoms with van der Waals surface area (Å²) in [5.41, 5.74) is 1.10. The molecule has 4 heterocycles. The van der Waals surface area contributed by atoms with Crippen LogP contribution in [-0.2, 0) is 6.42 Å². The van der Waals surface area contributed by atoms with Crippen molar-refractivity contribution in [2.45, 2.75) is 66.0 Å². The molecule has 2 bridgehead atoms. The highest BCUT2D eigenvalue weighted by molar-refractivity contribution is 9.10. The molecule has 48 heavy (non-hydrogen) atoms. The Hall–Kier alpha value is -3.91. The van der Waals surface area contributed by atoms with E-state index in [2.05, 4.69) is 53.3 Å². The fourth-order valence-electron chi connectivity index (χ4n) is 6.34. The summed E-state index contributed by atoms with van der Waals surface area (Å²) in [6.07, 6.45) is 3.36. The summed E-state index contributed by atoms with van der Waals surface area (Å²) in [6.45, 7) is 12.2. The molecule has 1 unspecified atom stereocenters. The predicted octanol–water partition coefficient (Wildman–Crippen LogP) is 8.81. The molecule has 0 radical (unpaired) electrons. The van der Waals surface area contributed by atoms with E-state index in [9.17, 15) is 8.78 Å². The Morgan fingerprint density at radius 2 is 1.38 bits per heavy atom. The van der Waals surface area contributed by atoms with Gasteiger partial charge in [0.2, 0.25) is 4.73 Å². The van der Waals surface area contributed by atoms with Crippen LogP contribution in [0.3, 0.4) is 0 Å². The first kappa shape index (κ1) is 34.0. The van der Waals surface area contributed by atoms with E-state index in [4.69, 9.17) is 14.6 Å². The number of piperidine rings is 1. The van der Waals surface area contributed by atoms with Crippen molar-refractivity contribution in [2.24, 2.45) is 17.8 Å².